The smallest absolute Gasteiger partial charge is 0.205 e. The SMILES string of the molecule is C=C/C(C)=C(/C=C(/C)CC)NC1=NC(N/C(C)=C/N=CC(=C)C)/C(=C\O)N1CC(/C=C/F)=C(/CC)C/C=C(\C)F. The Hall–Kier alpha value is -3.94. The molecular formula is C32H45F2N5O. The van der Waals surface area contributed by atoms with Crippen molar-refractivity contribution in [1.29, 1.82) is 0 Å². The molecule has 0 fully saturated rings. The Morgan fingerprint density at radius 2 is 1.88 bits per heavy atom. The first kappa shape index (κ1) is 34.1. The van der Waals surface area contributed by atoms with Crippen LogP contribution in [0.15, 0.2) is 117 Å². The van der Waals surface area contributed by atoms with Crippen molar-refractivity contribution in [3.63, 3.8) is 0 Å². The number of halogens is 2. The number of allylic oxidation sites excluding steroid dienone is 9. The molecule has 0 bridgehead atoms. The highest BCUT2D eigenvalue weighted by Crippen LogP contribution is 2.26. The standard InChI is InChI=1S/C32H45F2N5O/c1-10-23(6)17-29(24(7)11-2)37-32-38-31(36-26(9)19-35-18-22(4)5)30(21-40)39(32)20-28(15-16-33)27(12-3)14-13-25(8)34/h11,13,15-19,21,31,36,40H,2,4,10,12,14,20H2,1,3,5-9H3,(H,37,38)/b16-15+,23-17-,25-13+,26-19+,28-27-,29-24-,30-21+,35-18?. The van der Waals surface area contributed by atoms with Crippen LogP contribution < -0.4 is 10.6 Å². The largest absolute Gasteiger partial charge is 0.514 e. The van der Waals surface area contributed by atoms with Gasteiger partial charge in [-0.15, -0.1) is 0 Å². The van der Waals surface area contributed by atoms with E-state index < -0.39 is 6.17 Å². The maximum Gasteiger partial charge on any atom is 0.205 e. The number of aliphatic hydroxyl groups excluding tert-OH is 1. The molecule has 40 heavy (non-hydrogen) atoms. The van der Waals surface area contributed by atoms with E-state index in [4.69, 9.17) is 4.99 Å². The predicted molar refractivity (Wildman–Crippen MR) is 166 cm³/mol. The molecule has 0 saturated carbocycles. The summed E-state index contributed by atoms with van der Waals surface area (Å²) in [4.78, 5) is 10.9. The van der Waals surface area contributed by atoms with E-state index >= 15 is 0 Å². The lowest BCUT2D eigenvalue weighted by Gasteiger charge is -2.26. The number of rotatable bonds is 14. The quantitative estimate of drug-likeness (QED) is 0.115. The van der Waals surface area contributed by atoms with E-state index in [2.05, 4.69) is 35.7 Å². The van der Waals surface area contributed by atoms with Crippen LogP contribution in [0.2, 0.25) is 0 Å². The summed E-state index contributed by atoms with van der Waals surface area (Å²) in [5.74, 6) is 0.147. The lowest BCUT2D eigenvalue weighted by Crippen LogP contribution is -2.39. The van der Waals surface area contributed by atoms with Crippen molar-refractivity contribution in [2.45, 2.75) is 73.9 Å². The topological polar surface area (TPSA) is 72.2 Å². The molecule has 218 valence electrons. The Morgan fingerprint density at radius 3 is 2.40 bits per heavy atom. The predicted octanol–water partition coefficient (Wildman–Crippen LogP) is 8.34. The van der Waals surface area contributed by atoms with Gasteiger partial charge in [0.05, 0.1) is 18.7 Å². The highest BCUT2D eigenvalue weighted by atomic mass is 19.1. The van der Waals surface area contributed by atoms with E-state index in [1.54, 1.807) is 23.4 Å². The average molecular weight is 554 g/mol. The maximum atomic E-state index is 13.6. The van der Waals surface area contributed by atoms with Gasteiger partial charge in [0.15, 0.2) is 6.17 Å². The van der Waals surface area contributed by atoms with Crippen LogP contribution in [0.4, 0.5) is 8.78 Å². The minimum Gasteiger partial charge on any atom is -0.514 e. The van der Waals surface area contributed by atoms with Gasteiger partial charge in [0.2, 0.25) is 5.96 Å². The second-order valence-electron chi connectivity index (χ2n) is 9.62. The molecule has 1 unspecified atom stereocenters. The normalized spacial score (nSPS) is 19.3. The molecular weight excluding hydrogens is 508 g/mol. The molecule has 1 rings (SSSR count). The van der Waals surface area contributed by atoms with Gasteiger partial charge in [0.25, 0.3) is 0 Å². The van der Waals surface area contributed by atoms with Crippen molar-refractivity contribution in [3.05, 3.63) is 107 Å². The second kappa shape index (κ2) is 17.6. The molecule has 0 spiro atoms. The van der Waals surface area contributed by atoms with E-state index in [0.29, 0.717) is 42.1 Å². The number of aliphatic hydroxyl groups is 1. The van der Waals surface area contributed by atoms with Gasteiger partial charge in [0.1, 0.15) is 12.0 Å². The molecule has 1 aliphatic heterocycles. The van der Waals surface area contributed by atoms with E-state index in [1.807, 2.05) is 40.7 Å². The monoisotopic (exact) mass is 553 g/mol. The first-order chi connectivity index (χ1) is 19.0. The lowest BCUT2D eigenvalue weighted by molar-refractivity contribution is 0.419. The summed E-state index contributed by atoms with van der Waals surface area (Å²) in [6, 6.07) is 0. The zero-order valence-electron chi connectivity index (χ0n) is 25.0. The molecule has 1 aliphatic rings. The summed E-state index contributed by atoms with van der Waals surface area (Å²) >= 11 is 0. The molecule has 0 aliphatic carbocycles. The summed E-state index contributed by atoms with van der Waals surface area (Å²) in [6.45, 7) is 21.0. The molecule has 0 radical (unpaired) electrons. The highest BCUT2D eigenvalue weighted by molar-refractivity contribution is 5.87. The van der Waals surface area contributed by atoms with Gasteiger partial charge in [-0.3, -0.25) is 4.99 Å². The van der Waals surface area contributed by atoms with Crippen LogP contribution in [0.1, 0.15) is 67.7 Å². The molecule has 6 nitrogen and oxygen atoms in total. The first-order valence-electron chi connectivity index (χ1n) is 13.4. The third-order valence-electron chi connectivity index (χ3n) is 6.19. The van der Waals surface area contributed by atoms with Crippen molar-refractivity contribution < 1.29 is 13.9 Å². The molecule has 0 aromatic rings. The number of guanidine groups is 1. The van der Waals surface area contributed by atoms with Gasteiger partial charge in [-0.2, -0.15) is 0 Å². The number of aliphatic imine (C=N–C) groups is 2. The van der Waals surface area contributed by atoms with Gasteiger partial charge in [-0.1, -0.05) is 44.2 Å². The fourth-order valence-corrected chi connectivity index (χ4v) is 3.69. The summed E-state index contributed by atoms with van der Waals surface area (Å²) in [5.41, 5.74) is 6.35. The number of hydrogen-bond acceptors (Lipinski definition) is 6. The summed E-state index contributed by atoms with van der Waals surface area (Å²) in [7, 11) is 0. The molecule has 3 N–H and O–H groups in total. The zero-order chi connectivity index (χ0) is 30.2. The fraction of sp³-hybridized carbons (Fsp3) is 0.375. The van der Waals surface area contributed by atoms with Crippen LogP contribution in [0.25, 0.3) is 0 Å². The van der Waals surface area contributed by atoms with Crippen molar-refractivity contribution in [1.82, 2.24) is 15.5 Å². The van der Waals surface area contributed by atoms with E-state index in [1.165, 1.54) is 19.1 Å². The minimum atomic E-state index is -0.654. The Labute approximate surface area is 239 Å². The van der Waals surface area contributed by atoms with Crippen molar-refractivity contribution in [2.24, 2.45) is 9.98 Å². The van der Waals surface area contributed by atoms with E-state index in [9.17, 15) is 13.9 Å². The Morgan fingerprint density at radius 1 is 1.18 bits per heavy atom. The molecule has 1 heterocycles. The lowest BCUT2D eigenvalue weighted by atomic mass is 10.0. The van der Waals surface area contributed by atoms with Gasteiger partial charge < -0.3 is 20.6 Å². The summed E-state index contributed by atoms with van der Waals surface area (Å²) in [6.07, 6.45) is 12.5. The fourth-order valence-electron chi connectivity index (χ4n) is 3.69. The third kappa shape index (κ3) is 11.0. The molecule has 0 saturated heterocycles. The van der Waals surface area contributed by atoms with Crippen LogP contribution in [0.5, 0.6) is 0 Å². The van der Waals surface area contributed by atoms with E-state index in [0.717, 1.165) is 40.7 Å². The van der Waals surface area contributed by atoms with Gasteiger partial charge in [0, 0.05) is 23.8 Å². The van der Waals surface area contributed by atoms with Crippen LogP contribution in [0.3, 0.4) is 0 Å². The van der Waals surface area contributed by atoms with Gasteiger partial charge >= 0.3 is 0 Å². The Bertz CT molecular complexity index is 1190. The van der Waals surface area contributed by atoms with E-state index in [-0.39, 0.29) is 12.4 Å². The van der Waals surface area contributed by atoms with Gasteiger partial charge in [-0.05, 0) is 88.8 Å². The number of nitrogens with zero attached hydrogens (tertiary/aromatic N) is 3. The zero-order valence-corrected chi connectivity index (χ0v) is 25.0. The van der Waals surface area contributed by atoms with Crippen LogP contribution in [-0.4, -0.2) is 34.9 Å². The van der Waals surface area contributed by atoms with Crippen molar-refractivity contribution in [2.75, 3.05) is 6.54 Å². The summed E-state index contributed by atoms with van der Waals surface area (Å²) in [5, 5.41) is 17.0. The minimum absolute atomic E-state index is 0.187. The molecule has 0 aromatic carbocycles. The molecule has 8 heteroatoms. The van der Waals surface area contributed by atoms with Crippen LogP contribution >= 0.6 is 0 Å². The Kier molecular flexibility index (Phi) is 15.0. The second-order valence-corrected chi connectivity index (χ2v) is 9.62. The average Bonchev–Trinajstić information content (AvgIpc) is 3.22. The third-order valence-corrected chi connectivity index (χ3v) is 6.19. The highest BCUT2D eigenvalue weighted by Gasteiger charge is 2.32. The van der Waals surface area contributed by atoms with Gasteiger partial charge in [-0.25, -0.2) is 13.8 Å². The maximum absolute atomic E-state index is 13.6. The first-order valence-corrected chi connectivity index (χ1v) is 13.4. The van der Waals surface area contributed by atoms with Crippen molar-refractivity contribution >= 4 is 12.2 Å². The molecule has 0 aromatic heterocycles. The molecule has 1 atom stereocenters. The van der Waals surface area contributed by atoms with Crippen LogP contribution in [0, 0.1) is 0 Å². The number of hydrogen-bond donors (Lipinski definition) is 3. The number of nitrogens with one attached hydrogen (secondary N) is 2. The molecule has 0 amide bonds. The van der Waals surface area contributed by atoms with Crippen LogP contribution in [-0.2, 0) is 0 Å². The summed E-state index contributed by atoms with van der Waals surface area (Å²) < 4.78 is 27.1. The Balaban J connectivity index is 3.68. The van der Waals surface area contributed by atoms with Crippen molar-refractivity contribution in [3.8, 4) is 0 Å².